The van der Waals surface area contributed by atoms with Gasteiger partial charge in [-0.1, -0.05) is 23.2 Å². The molecule has 1 aliphatic rings. The molecule has 0 atom stereocenters. The van der Waals surface area contributed by atoms with Gasteiger partial charge in [-0.05, 0) is 5.56 Å². The van der Waals surface area contributed by atoms with E-state index in [0.717, 1.165) is 25.1 Å². The lowest BCUT2D eigenvalue weighted by Crippen LogP contribution is -2.61. The zero-order chi connectivity index (χ0) is 10.9. The fraction of sp³-hybridized carbons (Fsp3) is 0.500. The van der Waals surface area contributed by atoms with Crippen LogP contribution in [0.25, 0.3) is 0 Å². The zero-order valence-corrected chi connectivity index (χ0v) is 9.90. The van der Waals surface area contributed by atoms with Crippen molar-refractivity contribution in [1.82, 2.24) is 10.3 Å². The lowest BCUT2D eigenvalue weighted by atomic mass is 9.89. The Morgan fingerprint density at radius 3 is 2.40 bits per heavy atom. The molecule has 0 spiro atoms. The van der Waals surface area contributed by atoms with Crippen LogP contribution in [0.2, 0.25) is 10.0 Å². The van der Waals surface area contributed by atoms with Crippen LogP contribution < -0.4 is 5.32 Å². The summed E-state index contributed by atoms with van der Waals surface area (Å²) >= 11 is 12.1. The second kappa shape index (κ2) is 4.26. The molecule has 1 saturated heterocycles. The summed E-state index contributed by atoms with van der Waals surface area (Å²) in [5.41, 5.74) is 0.755. The Bertz CT molecular complexity index is 341. The number of aromatic nitrogens is 1. The fourth-order valence-corrected chi connectivity index (χ4v) is 2.17. The Morgan fingerprint density at radius 2 is 2.00 bits per heavy atom. The first-order valence-electron chi connectivity index (χ1n) is 4.71. The van der Waals surface area contributed by atoms with Crippen molar-refractivity contribution in [3.8, 4) is 0 Å². The maximum absolute atomic E-state index is 6.05. The van der Waals surface area contributed by atoms with E-state index in [1.165, 1.54) is 0 Å². The van der Waals surface area contributed by atoms with Gasteiger partial charge in [-0.25, -0.2) is 0 Å². The van der Waals surface area contributed by atoms with Gasteiger partial charge in [-0.2, -0.15) is 0 Å². The minimum atomic E-state index is -0.158. The van der Waals surface area contributed by atoms with Crippen LogP contribution in [0.1, 0.15) is 5.56 Å². The molecular formula is C10H12Cl2N2O. The van der Waals surface area contributed by atoms with Crippen molar-refractivity contribution in [3.05, 3.63) is 28.0 Å². The van der Waals surface area contributed by atoms with Gasteiger partial charge in [-0.3, -0.25) is 4.98 Å². The summed E-state index contributed by atoms with van der Waals surface area (Å²) < 4.78 is 5.49. The first kappa shape index (κ1) is 11.1. The predicted molar refractivity (Wildman–Crippen MR) is 60.6 cm³/mol. The second-order valence-electron chi connectivity index (χ2n) is 3.75. The third-order valence-electron chi connectivity index (χ3n) is 2.78. The average molecular weight is 247 g/mol. The van der Waals surface area contributed by atoms with Gasteiger partial charge in [0.25, 0.3) is 0 Å². The first-order valence-corrected chi connectivity index (χ1v) is 5.46. The molecule has 2 heterocycles. The minimum absolute atomic E-state index is 0.158. The molecule has 5 heteroatoms. The van der Waals surface area contributed by atoms with Gasteiger partial charge in [-0.15, -0.1) is 0 Å². The van der Waals surface area contributed by atoms with Gasteiger partial charge in [0, 0.05) is 39.0 Å². The highest BCUT2D eigenvalue weighted by Crippen LogP contribution is 2.30. The number of pyridine rings is 1. The molecule has 0 radical (unpaired) electrons. The topological polar surface area (TPSA) is 34.1 Å². The number of hydrogen-bond acceptors (Lipinski definition) is 3. The van der Waals surface area contributed by atoms with Crippen LogP contribution in [0.15, 0.2) is 12.4 Å². The van der Waals surface area contributed by atoms with Crippen LogP contribution in [0, 0.1) is 0 Å². The van der Waals surface area contributed by atoms with Crippen LogP contribution in [0.3, 0.4) is 0 Å². The van der Waals surface area contributed by atoms with Crippen molar-refractivity contribution < 1.29 is 4.74 Å². The number of halogens is 2. The van der Waals surface area contributed by atoms with Crippen molar-refractivity contribution in [1.29, 1.82) is 0 Å². The van der Waals surface area contributed by atoms with Crippen LogP contribution in [-0.4, -0.2) is 30.8 Å². The van der Waals surface area contributed by atoms with Crippen molar-refractivity contribution in [2.75, 3.05) is 20.2 Å². The van der Waals surface area contributed by atoms with Crippen molar-refractivity contribution in [2.45, 2.75) is 12.0 Å². The van der Waals surface area contributed by atoms with E-state index in [0.29, 0.717) is 10.0 Å². The molecular weight excluding hydrogens is 235 g/mol. The standard InChI is InChI=1S/C10H12Cl2N2O/c1-15-10(5-14-6-10)2-7-8(11)3-13-4-9(7)12/h3-4,14H,2,5-6H2,1H3. The lowest BCUT2D eigenvalue weighted by molar-refractivity contribution is -0.0502. The Balaban J connectivity index is 2.23. The highest BCUT2D eigenvalue weighted by atomic mass is 35.5. The molecule has 0 aromatic carbocycles. The Hall–Kier alpha value is -0.350. The molecule has 1 N–H and O–H groups in total. The monoisotopic (exact) mass is 246 g/mol. The Morgan fingerprint density at radius 1 is 1.40 bits per heavy atom. The Labute approximate surface area is 98.7 Å². The van der Waals surface area contributed by atoms with Gasteiger partial charge in [0.2, 0.25) is 0 Å². The first-order chi connectivity index (χ1) is 7.17. The molecule has 15 heavy (non-hydrogen) atoms. The van der Waals surface area contributed by atoms with E-state index >= 15 is 0 Å². The van der Waals surface area contributed by atoms with E-state index < -0.39 is 0 Å². The van der Waals surface area contributed by atoms with Gasteiger partial charge in [0.1, 0.15) is 0 Å². The number of ether oxygens (including phenoxy) is 1. The third kappa shape index (κ3) is 2.11. The lowest BCUT2D eigenvalue weighted by Gasteiger charge is -2.41. The summed E-state index contributed by atoms with van der Waals surface area (Å²) in [7, 11) is 1.71. The largest absolute Gasteiger partial charge is 0.375 e. The van der Waals surface area contributed by atoms with Crippen LogP contribution in [0.4, 0.5) is 0 Å². The van der Waals surface area contributed by atoms with E-state index in [1.807, 2.05) is 0 Å². The average Bonchev–Trinajstić information content (AvgIpc) is 2.15. The van der Waals surface area contributed by atoms with Gasteiger partial charge >= 0.3 is 0 Å². The molecule has 0 aliphatic carbocycles. The summed E-state index contributed by atoms with van der Waals surface area (Å²) in [5.74, 6) is 0. The second-order valence-corrected chi connectivity index (χ2v) is 4.56. The third-order valence-corrected chi connectivity index (χ3v) is 3.43. The molecule has 1 aromatic rings. The summed E-state index contributed by atoms with van der Waals surface area (Å²) in [6.07, 6.45) is 3.94. The quantitative estimate of drug-likeness (QED) is 0.886. The van der Waals surface area contributed by atoms with E-state index in [1.54, 1.807) is 19.5 Å². The highest BCUT2D eigenvalue weighted by Gasteiger charge is 2.38. The SMILES string of the molecule is COC1(Cc2c(Cl)cncc2Cl)CNC1. The Kier molecular flexibility index (Phi) is 3.16. The zero-order valence-electron chi connectivity index (χ0n) is 8.39. The van der Waals surface area contributed by atoms with Gasteiger partial charge < -0.3 is 10.1 Å². The van der Waals surface area contributed by atoms with Gasteiger partial charge in [0.15, 0.2) is 0 Å². The predicted octanol–water partition coefficient (Wildman–Crippen LogP) is 1.92. The number of nitrogens with zero attached hydrogens (tertiary/aromatic N) is 1. The fourth-order valence-electron chi connectivity index (χ4n) is 1.67. The van der Waals surface area contributed by atoms with Gasteiger partial charge in [0.05, 0.1) is 15.6 Å². The minimum Gasteiger partial charge on any atom is -0.375 e. The van der Waals surface area contributed by atoms with Crippen LogP contribution >= 0.6 is 23.2 Å². The smallest absolute Gasteiger partial charge is 0.0967 e. The van der Waals surface area contributed by atoms with Crippen molar-refractivity contribution in [3.63, 3.8) is 0 Å². The van der Waals surface area contributed by atoms with E-state index in [4.69, 9.17) is 27.9 Å². The molecule has 82 valence electrons. The maximum atomic E-state index is 6.05. The molecule has 0 bridgehead atoms. The summed E-state index contributed by atoms with van der Waals surface area (Å²) in [4.78, 5) is 3.92. The van der Waals surface area contributed by atoms with Crippen LogP contribution in [-0.2, 0) is 11.2 Å². The normalized spacial score (nSPS) is 18.6. The number of hydrogen-bond donors (Lipinski definition) is 1. The maximum Gasteiger partial charge on any atom is 0.0967 e. The number of nitrogens with one attached hydrogen (secondary N) is 1. The molecule has 1 aromatic heterocycles. The number of rotatable bonds is 3. The van der Waals surface area contributed by atoms with E-state index in [2.05, 4.69) is 10.3 Å². The summed E-state index contributed by atoms with van der Waals surface area (Å²) in [5, 5.41) is 4.39. The number of methoxy groups -OCH3 is 1. The molecule has 1 aliphatic heterocycles. The molecule has 1 fully saturated rings. The van der Waals surface area contributed by atoms with Crippen molar-refractivity contribution in [2.24, 2.45) is 0 Å². The summed E-state index contributed by atoms with van der Waals surface area (Å²) in [6, 6.07) is 0. The molecule has 0 unspecified atom stereocenters. The summed E-state index contributed by atoms with van der Waals surface area (Å²) in [6.45, 7) is 1.66. The van der Waals surface area contributed by atoms with E-state index in [-0.39, 0.29) is 5.60 Å². The molecule has 0 saturated carbocycles. The van der Waals surface area contributed by atoms with E-state index in [9.17, 15) is 0 Å². The molecule has 2 rings (SSSR count). The van der Waals surface area contributed by atoms with Crippen LogP contribution in [0.5, 0.6) is 0 Å². The molecule has 3 nitrogen and oxygen atoms in total. The van der Waals surface area contributed by atoms with Crippen molar-refractivity contribution >= 4 is 23.2 Å². The highest BCUT2D eigenvalue weighted by molar-refractivity contribution is 6.35. The molecule has 0 amide bonds.